The molecular formula is C18H21N5O2S. The van der Waals surface area contributed by atoms with Crippen LogP contribution in [-0.4, -0.2) is 32.6 Å². The molecule has 2 fully saturated rings. The Balaban J connectivity index is 1.45. The molecule has 0 aliphatic heterocycles. The first-order valence-electron chi connectivity index (χ1n) is 8.82. The minimum absolute atomic E-state index is 0.0580. The van der Waals surface area contributed by atoms with E-state index in [1.807, 2.05) is 5.38 Å². The number of nitrogens with zero attached hydrogens (tertiary/aromatic N) is 4. The molecule has 2 aromatic heterocycles. The van der Waals surface area contributed by atoms with E-state index in [-0.39, 0.29) is 18.4 Å². The molecular weight excluding hydrogens is 350 g/mol. The predicted octanol–water partition coefficient (Wildman–Crippen LogP) is 2.21. The van der Waals surface area contributed by atoms with Crippen molar-refractivity contribution in [3.8, 4) is 0 Å². The zero-order valence-corrected chi connectivity index (χ0v) is 15.2. The maximum Gasteiger partial charge on any atom is 0.250 e. The number of anilines is 1. The van der Waals surface area contributed by atoms with E-state index in [2.05, 4.69) is 22.0 Å². The van der Waals surface area contributed by atoms with E-state index in [0.29, 0.717) is 24.2 Å². The maximum absolute atomic E-state index is 12.3. The maximum atomic E-state index is 12.3. The summed E-state index contributed by atoms with van der Waals surface area (Å²) in [5.74, 6) is 0.329. The molecule has 2 heterocycles. The molecule has 8 heteroatoms. The minimum Gasteiger partial charge on any atom is -0.352 e. The number of amides is 2. The van der Waals surface area contributed by atoms with Gasteiger partial charge in [0.2, 0.25) is 5.91 Å². The lowest BCUT2D eigenvalue weighted by Gasteiger charge is -2.18. The van der Waals surface area contributed by atoms with Crippen LogP contribution < -0.4 is 10.2 Å². The standard InChI is InChI=1S/C18H21N5O2S/c1-2-17(25)23(8-14-11-26-18(21-14)12-3-4-12)15-7-19-22(9-15)10-16(24)20-13-5-6-13/h2,7,9,11-13H,1,3-6,8,10H2,(H,20,24). The highest BCUT2D eigenvalue weighted by atomic mass is 32.1. The summed E-state index contributed by atoms with van der Waals surface area (Å²) < 4.78 is 1.55. The van der Waals surface area contributed by atoms with Crippen molar-refractivity contribution in [3.63, 3.8) is 0 Å². The van der Waals surface area contributed by atoms with Crippen LogP contribution in [0.25, 0.3) is 0 Å². The van der Waals surface area contributed by atoms with Crippen molar-refractivity contribution in [1.82, 2.24) is 20.1 Å². The van der Waals surface area contributed by atoms with Crippen LogP contribution >= 0.6 is 11.3 Å². The molecule has 1 N–H and O–H groups in total. The highest BCUT2D eigenvalue weighted by molar-refractivity contribution is 7.09. The topological polar surface area (TPSA) is 80.1 Å². The molecule has 136 valence electrons. The molecule has 0 radical (unpaired) electrons. The Labute approximate surface area is 155 Å². The molecule has 2 amide bonds. The molecule has 2 aliphatic rings. The fourth-order valence-electron chi connectivity index (χ4n) is 2.71. The first kappa shape index (κ1) is 17.0. The molecule has 0 saturated heterocycles. The summed E-state index contributed by atoms with van der Waals surface area (Å²) in [7, 11) is 0. The second-order valence-corrected chi connectivity index (χ2v) is 7.71. The molecule has 7 nitrogen and oxygen atoms in total. The lowest BCUT2D eigenvalue weighted by Crippen LogP contribution is -2.30. The monoisotopic (exact) mass is 371 g/mol. The summed E-state index contributed by atoms with van der Waals surface area (Å²) in [6.07, 6.45) is 9.10. The van der Waals surface area contributed by atoms with Crippen molar-refractivity contribution < 1.29 is 9.59 Å². The number of hydrogen-bond acceptors (Lipinski definition) is 5. The van der Waals surface area contributed by atoms with Gasteiger partial charge in [-0.25, -0.2) is 4.98 Å². The second kappa shape index (κ2) is 7.03. The Bertz CT molecular complexity index is 834. The Kier molecular flexibility index (Phi) is 4.58. The number of nitrogens with one attached hydrogen (secondary N) is 1. The van der Waals surface area contributed by atoms with Gasteiger partial charge in [-0.2, -0.15) is 5.10 Å². The van der Waals surface area contributed by atoms with Crippen molar-refractivity contribution in [2.75, 3.05) is 4.90 Å². The SMILES string of the molecule is C=CC(=O)N(Cc1csc(C2CC2)n1)c1cnn(CC(=O)NC2CC2)c1. The van der Waals surface area contributed by atoms with E-state index in [1.165, 1.54) is 18.9 Å². The van der Waals surface area contributed by atoms with Crippen LogP contribution in [0.2, 0.25) is 0 Å². The van der Waals surface area contributed by atoms with E-state index < -0.39 is 0 Å². The average Bonchev–Trinajstić information content (AvgIpc) is 3.55. The van der Waals surface area contributed by atoms with Crippen LogP contribution in [0.1, 0.15) is 42.3 Å². The van der Waals surface area contributed by atoms with Crippen LogP contribution in [0.15, 0.2) is 30.4 Å². The lowest BCUT2D eigenvalue weighted by molar-refractivity contribution is -0.122. The molecule has 4 rings (SSSR count). The zero-order valence-electron chi connectivity index (χ0n) is 14.4. The first-order valence-corrected chi connectivity index (χ1v) is 9.70. The number of carbonyl (C=O) groups is 2. The fourth-order valence-corrected chi connectivity index (χ4v) is 3.69. The highest BCUT2D eigenvalue weighted by Gasteiger charge is 2.27. The predicted molar refractivity (Wildman–Crippen MR) is 98.9 cm³/mol. The van der Waals surface area contributed by atoms with Gasteiger partial charge in [-0.1, -0.05) is 6.58 Å². The molecule has 2 saturated carbocycles. The van der Waals surface area contributed by atoms with Gasteiger partial charge in [-0.15, -0.1) is 11.3 Å². The average molecular weight is 371 g/mol. The summed E-state index contributed by atoms with van der Waals surface area (Å²) in [5, 5.41) is 10.3. The van der Waals surface area contributed by atoms with Gasteiger partial charge in [0.25, 0.3) is 5.91 Å². The molecule has 0 unspecified atom stereocenters. The van der Waals surface area contributed by atoms with Crippen molar-refractivity contribution in [1.29, 1.82) is 0 Å². The third-order valence-corrected chi connectivity index (χ3v) is 5.49. The Morgan fingerprint density at radius 2 is 2.19 bits per heavy atom. The first-order chi connectivity index (χ1) is 12.6. The highest BCUT2D eigenvalue weighted by Crippen LogP contribution is 2.41. The molecule has 2 aromatic rings. The normalized spacial score (nSPS) is 16.3. The fraction of sp³-hybridized carbons (Fsp3) is 0.444. The summed E-state index contributed by atoms with van der Waals surface area (Å²) >= 11 is 1.65. The van der Waals surface area contributed by atoms with Gasteiger partial charge in [-0.05, 0) is 31.8 Å². The smallest absolute Gasteiger partial charge is 0.250 e. The molecule has 0 spiro atoms. The van der Waals surface area contributed by atoms with Gasteiger partial charge in [0.1, 0.15) is 6.54 Å². The second-order valence-electron chi connectivity index (χ2n) is 6.82. The van der Waals surface area contributed by atoms with Crippen LogP contribution in [0.3, 0.4) is 0 Å². The Hall–Kier alpha value is -2.48. The summed E-state index contributed by atoms with van der Waals surface area (Å²) in [5.41, 5.74) is 1.50. The quantitative estimate of drug-likeness (QED) is 0.722. The van der Waals surface area contributed by atoms with Gasteiger partial charge in [0.15, 0.2) is 0 Å². The van der Waals surface area contributed by atoms with E-state index in [9.17, 15) is 9.59 Å². The molecule has 0 atom stereocenters. The number of carbonyl (C=O) groups excluding carboxylic acids is 2. The van der Waals surface area contributed by atoms with Crippen molar-refractivity contribution in [2.24, 2.45) is 0 Å². The number of thiazole rings is 1. The van der Waals surface area contributed by atoms with Crippen LogP contribution in [0, 0.1) is 0 Å². The Morgan fingerprint density at radius 1 is 1.38 bits per heavy atom. The van der Waals surface area contributed by atoms with Gasteiger partial charge in [-0.3, -0.25) is 19.2 Å². The van der Waals surface area contributed by atoms with Crippen molar-refractivity contribution in [3.05, 3.63) is 41.1 Å². The van der Waals surface area contributed by atoms with Crippen molar-refractivity contribution >= 4 is 28.8 Å². The van der Waals surface area contributed by atoms with E-state index >= 15 is 0 Å². The van der Waals surface area contributed by atoms with Gasteiger partial charge in [0, 0.05) is 23.5 Å². The lowest BCUT2D eigenvalue weighted by atomic mass is 10.3. The number of hydrogen-bond donors (Lipinski definition) is 1. The van der Waals surface area contributed by atoms with E-state index in [1.54, 1.807) is 33.3 Å². The molecule has 0 bridgehead atoms. The van der Waals surface area contributed by atoms with Crippen LogP contribution in [0.4, 0.5) is 5.69 Å². The third-order valence-electron chi connectivity index (χ3n) is 4.44. The molecule has 0 aromatic carbocycles. The van der Waals surface area contributed by atoms with Crippen LogP contribution in [0.5, 0.6) is 0 Å². The molecule has 2 aliphatic carbocycles. The molecule has 26 heavy (non-hydrogen) atoms. The van der Waals surface area contributed by atoms with Crippen LogP contribution in [-0.2, 0) is 22.7 Å². The largest absolute Gasteiger partial charge is 0.352 e. The van der Waals surface area contributed by atoms with E-state index in [4.69, 9.17) is 0 Å². The van der Waals surface area contributed by atoms with Gasteiger partial charge < -0.3 is 5.32 Å². The number of aromatic nitrogens is 3. The summed E-state index contributed by atoms with van der Waals surface area (Å²) in [6.45, 7) is 4.10. The Morgan fingerprint density at radius 3 is 2.88 bits per heavy atom. The van der Waals surface area contributed by atoms with Crippen molar-refractivity contribution in [2.45, 2.75) is 50.7 Å². The van der Waals surface area contributed by atoms with Gasteiger partial charge >= 0.3 is 0 Å². The van der Waals surface area contributed by atoms with E-state index in [0.717, 1.165) is 23.5 Å². The summed E-state index contributed by atoms with van der Waals surface area (Å²) in [6, 6.07) is 0.321. The minimum atomic E-state index is -0.215. The summed E-state index contributed by atoms with van der Waals surface area (Å²) in [4.78, 5) is 30.5. The third kappa shape index (κ3) is 4.01. The zero-order chi connectivity index (χ0) is 18.1. The number of rotatable bonds is 8. The van der Waals surface area contributed by atoms with Gasteiger partial charge in [0.05, 0.1) is 29.1 Å².